The minimum absolute atomic E-state index is 0.0585. The SMILES string of the molecule is CONCC(C(=O)N1CCN(c2ncnc3c2[C@H](C)C[C@H]3O)CC1)c1ccc(Cl)cc1. The van der Waals surface area contributed by atoms with E-state index in [-0.39, 0.29) is 17.7 Å². The molecule has 1 aliphatic heterocycles. The second-order valence-corrected chi connectivity index (χ2v) is 8.55. The first-order valence-corrected chi connectivity index (χ1v) is 10.9. The lowest BCUT2D eigenvalue weighted by molar-refractivity contribution is -0.133. The number of aliphatic hydroxyl groups excluding tert-OH is 1. The number of halogens is 1. The first-order valence-electron chi connectivity index (χ1n) is 10.6. The van der Waals surface area contributed by atoms with Gasteiger partial charge < -0.3 is 19.7 Å². The molecule has 0 bridgehead atoms. The van der Waals surface area contributed by atoms with Crippen molar-refractivity contribution in [2.45, 2.75) is 31.3 Å². The average molecular weight is 446 g/mol. The van der Waals surface area contributed by atoms with Crippen LogP contribution in [-0.2, 0) is 9.63 Å². The first-order chi connectivity index (χ1) is 15.0. The highest BCUT2D eigenvalue weighted by molar-refractivity contribution is 6.30. The van der Waals surface area contributed by atoms with Gasteiger partial charge in [-0.3, -0.25) is 4.79 Å². The maximum atomic E-state index is 13.3. The molecule has 8 nitrogen and oxygen atoms in total. The Kier molecular flexibility index (Phi) is 6.71. The summed E-state index contributed by atoms with van der Waals surface area (Å²) in [5.41, 5.74) is 5.50. The molecule has 1 unspecified atom stereocenters. The van der Waals surface area contributed by atoms with E-state index in [1.165, 1.54) is 6.33 Å². The van der Waals surface area contributed by atoms with Gasteiger partial charge in [-0.05, 0) is 30.0 Å². The summed E-state index contributed by atoms with van der Waals surface area (Å²) in [6.45, 7) is 5.05. The molecule has 0 spiro atoms. The third kappa shape index (κ3) is 4.52. The third-order valence-electron chi connectivity index (χ3n) is 6.17. The lowest BCUT2D eigenvalue weighted by Crippen LogP contribution is -2.51. The number of carbonyl (C=O) groups is 1. The number of benzene rings is 1. The molecule has 9 heteroatoms. The molecule has 1 amide bonds. The number of aromatic nitrogens is 2. The van der Waals surface area contributed by atoms with Gasteiger partial charge >= 0.3 is 0 Å². The Hall–Kier alpha value is -2.26. The first kappa shape index (κ1) is 22.0. The number of hydrogen-bond donors (Lipinski definition) is 2. The molecule has 2 heterocycles. The zero-order valence-corrected chi connectivity index (χ0v) is 18.5. The van der Waals surface area contributed by atoms with Gasteiger partial charge in [0.2, 0.25) is 5.91 Å². The van der Waals surface area contributed by atoms with Gasteiger partial charge in [-0.25, -0.2) is 15.4 Å². The Morgan fingerprint density at radius 3 is 2.65 bits per heavy atom. The van der Waals surface area contributed by atoms with E-state index >= 15 is 0 Å². The summed E-state index contributed by atoms with van der Waals surface area (Å²) >= 11 is 6.02. The number of nitrogens with one attached hydrogen (secondary N) is 1. The van der Waals surface area contributed by atoms with E-state index in [0.29, 0.717) is 44.2 Å². The minimum atomic E-state index is -0.525. The van der Waals surface area contributed by atoms with Gasteiger partial charge in [-0.15, -0.1) is 0 Å². The van der Waals surface area contributed by atoms with Crippen molar-refractivity contribution < 1.29 is 14.7 Å². The molecule has 1 fully saturated rings. The maximum absolute atomic E-state index is 13.3. The molecular formula is C22H28ClN5O3. The molecule has 1 aromatic carbocycles. The van der Waals surface area contributed by atoms with E-state index < -0.39 is 6.10 Å². The van der Waals surface area contributed by atoms with Gasteiger partial charge in [-0.1, -0.05) is 30.7 Å². The average Bonchev–Trinajstić information content (AvgIpc) is 3.09. The van der Waals surface area contributed by atoms with Crippen LogP contribution < -0.4 is 10.4 Å². The monoisotopic (exact) mass is 445 g/mol. The molecule has 2 aliphatic rings. The number of hydrogen-bond acceptors (Lipinski definition) is 7. The third-order valence-corrected chi connectivity index (χ3v) is 6.42. The Morgan fingerprint density at radius 2 is 1.97 bits per heavy atom. The lowest BCUT2D eigenvalue weighted by Gasteiger charge is -2.38. The van der Waals surface area contributed by atoms with Gasteiger partial charge in [0.05, 0.1) is 24.8 Å². The topological polar surface area (TPSA) is 90.8 Å². The van der Waals surface area contributed by atoms with Crippen LogP contribution in [0.2, 0.25) is 5.02 Å². The van der Waals surface area contributed by atoms with E-state index in [9.17, 15) is 9.90 Å². The molecule has 1 saturated heterocycles. The van der Waals surface area contributed by atoms with Crippen molar-refractivity contribution in [2.24, 2.45) is 0 Å². The fourth-order valence-electron chi connectivity index (χ4n) is 4.52. The van der Waals surface area contributed by atoms with Crippen LogP contribution in [0, 0.1) is 0 Å². The predicted molar refractivity (Wildman–Crippen MR) is 118 cm³/mol. The van der Waals surface area contributed by atoms with Crippen molar-refractivity contribution in [1.82, 2.24) is 20.3 Å². The summed E-state index contributed by atoms with van der Waals surface area (Å²) in [5, 5.41) is 10.9. The van der Waals surface area contributed by atoms with Crippen molar-refractivity contribution in [1.29, 1.82) is 0 Å². The normalized spacial score (nSPS) is 21.8. The fraction of sp³-hybridized carbons (Fsp3) is 0.500. The van der Waals surface area contributed by atoms with Gasteiger partial charge in [0.15, 0.2) is 0 Å². The number of piperazine rings is 1. The van der Waals surface area contributed by atoms with Crippen LogP contribution in [0.25, 0.3) is 0 Å². The second-order valence-electron chi connectivity index (χ2n) is 8.12. The van der Waals surface area contributed by atoms with E-state index in [1.54, 1.807) is 19.2 Å². The standard InChI is InChI=1S/C22H28ClN5O3/c1-14-11-18(29)20-19(14)21(25-13-24-20)27-7-9-28(10-8-27)22(30)17(12-26-31-2)15-3-5-16(23)6-4-15/h3-6,13-14,17-18,26,29H,7-12H2,1-2H3/t14-,17?,18-/m1/s1. The van der Waals surface area contributed by atoms with Crippen molar-refractivity contribution in [3.8, 4) is 0 Å². The number of amides is 1. The maximum Gasteiger partial charge on any atom is 0.231 e. The summed E-state index contributed by atoms with van der Waals surface area (Å²) in [7, 11) is 1.54. The fourth-order valence-corrected chi connectivity index (χ4v) is 4.65. The van der Waals surface area contributed by atoms with Gasteiger partial charge in [0, 0.05) is 43.3 Å². The number of nitrogens with zero attached hydrogens (tertiary/aromatic N) is 4. The molecule has 4 rings (SSSR count). The molecule has 31 heavy (non-hydrogen) atoms. The summed E-state index contributed by atoms with van der Waals surface area (Å²) in [4.78, 5) is 31.3. The smallest absolute Gasteiger partial charge is 0.231 e. The number of carbonyl (C=O) groups excluding carboxylic acids is 1. The molecule has 0 radical (unpaired) electrons. The number of hydroxylamine groups is 1. The quantitative estimate of drug-likeness (QED) is 0.659. The van der Waals surface area contributed by atoms with Crippen molar-refractivity contribution in [2.75, 3.05) is 44.7 Å². The van der Waals surface area contributed by atoms with E-state index in [0.717, 1.165) is 22.6 Å². The Labute approximate surface area is 187 Å². The number of fused-ring (bicyclic) bond motifs is 1. The van der Waals surface area contributed by atoms with Crippen LogP contribution in [0.15, 0.2) is 30.6 Å². The molecule has 0 saturated carbocycles. The summed E-state index contributed by atoms with van der Waals surface area (Å²) < 4.78 is 0. The summed E-state index contributed by atoms with van der Waals surface area (Å²) in [6.07, 6.45) is 1.68. The Balaban J connectivity index is 1.47. The van der Waals surface area contributed by atoms with Gasteiger partial charge in [0.25, 0.3) is 0 Å². The van der Waals surface area contributed by atoms with Crippen molar-refractivity contribution in [3.63, 3.8) is 0 Å². The molecule has 3 atom stereocenters. The Bertz CT molecular complexity index is 918. The van der Waals surface area contributed by atoms with Crippen molar-refractivity contribution in [3.05, 3.63) is 52.4 Å². The van der Waals surface area contributed by atoms with Gasteiger partial charge in [0.1, 0.15) is 12.1 Å². The van der Waals surface area contributed by atoms with Crippen LogP contribution in [-0.4, -0.2) is 65.7 Å². The van der Waals surface area contributed by atoms with E-state index in [4.69, 9.17) is 16.4 Å². The molecular weight excluding hydrogens is 418 g/mol. The number of rotatable bonds is 6. The number of aliphatic hydroxyl groups is 1. The highest BCUT2D eigenvalue weighted by Crippen LogP contribution is 2.42. The molecule has 166 valence electrons. The van der Waals surface area contributed by atoms with Crippen LogP contribution >= 0.6 is 11.6 Å². The van der Waals surface area contributed by atoms with Gasteiger partial charge in [-0.2, -0.15) is 0 Å². The van der Waals surface area contributed by atoms with Crippen LogP contribution in [0.3, 0.4) is 0 Å². The van der Waals surface area contributed by atoms with Crippen LogP contribution in [0.1, 0.15) is 48.1 Å². The highest BCUT2D eigenvalue weighted by Gasteiger charge is 2.35. The number of anilines is 1. The zero-order valence-electron chi connectivity index (χ0n) is 17.8. The molecule has 2 N–H and O–H groups in total. The summed E-state index contributed by atoms with van der Waals surface area (Å²) in [6, 6.07) is 7.37. The minimum Gasteiger partial charge on any atom is -0.387 e. The Morgan fingerprint density at radius 1 is 1.26 bits per heavy atom. The summed E-state index contributed by atoms with van der Waals surface area (Å²) in [5.74, 6) is 0.803. The largest absolute Gasteiger partial charge is 0.387 e. The highest BCUT2D eigenvalue weighted by atomic mass is 35.5. The predicted octanol–water partition coefficient (Wildman–Crippen LogP) is 2.25. The van der Waals surface area contributed by atoms with E-state index in [1.807, 2.05) is 17.0 Å². The molecule has 1 aromatic heterocycles. The molecule has 2 aromatic rings. The zero-order chi connectivity index (χ0) is 22.0. The van der Waals surface area contributed by atoms with Crippen LogP contribution in [0.4, 0.5) is 5.82 Å². The van der Waals surface area contributed by atoms with E-state index in [2.05, 4.69) is 27.3 Å². The molecule has 1 aliphatic carbocycles. The van der Waals surface area contributed by atoms with Crippen molar-refractivity contribution >= 4 is 23.3 Å². The second kappa shape index (κ2) is 9.48. The van der Waals surface area contributed by atoms with Crippen LogP contribution in [0.5, 0.6) is 0 Å². The lowest BCUT2D eigenvalue weighted by atomic mass is 9.97.